The van der Waals surface area contributed by atoms with Crippen LogP contribution in [0.2, 0.25) is 0 Å². The predicted molar refractivity (Wildman–Crippen MR) is 319 cm³/mol. The van der Waals surface area contributed by atoms with Crippen LogP contribution in [0.25, 0.3) is 54.9 Å². The van der Waals surface area contributed by atoms with Crippen molar-refractivity contribution in [3.8, 4) is 94.3 Å². The summed E-state index contributed by atoms with van der Waals surface area (Å²) < 4.78 is 11.4. The van der Waals surface area contributed by atoms with Crippen LogP contribution < -0.4 is 9.47 Å². The van der Waals surface area contributed by atoms with Crippen LogP contribution in [0.15, 0.2) is 182 Å². The molecule has 0 N–H and O–H groups in total. The number of rotatable bonds is 8. The monoisotopic (exact) mass is 975 g/mol. The molecular weight excluding hydrogens is 909 g/mol. The zero-order valence-corrected chi connectivity index (χ0v) is 44.8. The molecule has 75 heavy (non-hydrogen) atoms. The van der Waals surface area contributed by atoms with Crippen LogP contribution >= 0.6 is 0 Å². The summed E-state index contributed by atoms with van der Waals surface area (Å²) in [6.07, 6.45) is 23.8. The van der Waals surface area contributed by atoms with E-state index in [-0.39, 0.29) is 24.0 Å². The third-order valence-electron chi connectivity index (χ3n) is 15.0. The minimum Gasteiger partial charge on any atom is -0.481 e. The summed E-state index contributed by atoms with van der Waals surface area (Å²) in [5, 5.41) is 4.51. The summed E-state index contributed by atoms with van der Waals surface area (Å²) in [7, 11) is 0. The maximum absolute atomic E-state index is 5.81. The molecule has 2 unspecified atom stereocenters. The second kappa shape index (κ2) is 22.6. The van der Waals surface area contributed by atoms with Crippen LogP contribution in [0.3, 0.4) is 0 Å². The second-order valence-electron chi connectivity index (χ2n) is 18.7. The highest BCUT2D eigenvalue weighted by Crippen LogP contribution is 2.59. The van der Waals surface area contributed by atoms with Crippen LogP contribution in [-0.4, -0.2) is 13.2 Å². The Morgan fingerprint density at radius 3 is 1.01 bits per heavy atom. The van der Waals surface area contributed by atoms with Crippen molar-refractivity contribution < 1.29 is 9.47 Å². The number of fused-ring (bicyclic) bond motifs is 11. The van der Waals surface area contributed by atoms with Crippen LogP contribution in [0, 0.1) is 49.4 Å². The molecule has 0 heterocycles. The van der Waals surface area contributed by atoms with Gasteiger partial charge in [-0.2, -0.15) is 0 Å². The molecule has 0 fully saturated rings. The lowest BCUT2D eigenvalue weighted by Crippen LogP contribution is -2.28. The van der Waals surface area contributed by atoms with E-state index in [0.717, 1.165) is 33.0 Å². The Kier molecular flexibility index (Phi) is 15.9. The smallest absolute Gasteiger partial charge is 0.148 e. The Balaban J connectivity index is 0.000000192. The van der Waals surface area contributed by atoms with E-state index in [1.54, 1.807) is 0 Å². The van der Waals surface area contributed by atoms with Gasteiger partial charge in [-0.1, -0.05) is 201 Å². The van der Waals surface area contributed by atoms with E-state index in [1.165, 1.54) is 77.9 Å². The topological polar surface area (TPSA) is 18.5 Å². The normalized spacial score (nSPS) is 15.8. The predicted octanol–water partition coefficient (Wildman–Crippen LogP) is 17.8. The third kappa shape index (κ3) is 8.93. The van der Waals surface area contributed by atoms with E-state index >= 15 is 0 Å². The highest BCUT2D eigenvalue weighted by Gasteiger charge is 2.47. The molecule has 2 atom stereocenters. The molecule has 9 aromatic carbocycles. The number of terminal acetylenes is 4. The fourth-order valence-electron chi connectivity index (χ4n) is 11.8. The van der Waals surface area contributed by atoms with Crippen LogP contribution in [0.1, 0.15) is 113 Å². The van der Waals surface area contributed by atoms with Crippen LogP contribution in [-0.2, 0) is 16.2 Å². The quantitative estimate of drug-likeness (QED) is 0.141. The van der Waals surface area contributed by atoms with Gasteiger partial charge in [0.2, 0.25) is 0 Å². The van der Waals surface area contributed by atoms with E-state index in [2.05, 4.69) is 207 Å². The van der Waals surface area contributed by atoms with Crippen molar-refractivity contribution in [2.24, 2.45) is 0 Å². The average molecular weight is 975 g/mol. The molecule has 0 amide bonds. The molecule has 2 heteroatoms. The number of ether oxygens (including phenoxy) is 2. The van der Waals surface area contributed by atoms with Gasteiger partial charge in [0.15, 0.2) is 0 Å². The zero-order valence-electron chi connectivity index (χ0n) is 44.8. The van der Waals surface area contributed by atoms with E-state index in [4.69, 9.17) is 35.2 Å². The first-order valence-electron chi connectivity index (χ1n) is 26.4. The number of hydrogen-bond donors (Lipinski definition) is 0. The lowest BCUT2D eigenvalue weighted by Gasteiger charge is -2.34. The highest BCUT2D eigenvalue weighted by atomic mass is 16.5. The first kappa shape index (κ1) is 52.7. The van der Waals surface area contributed by atoms with Crippen LogP contribution in [0.5, 0.6) is 11.5 Å². The van der Waals surface area contributed by atoms with Crippen LogP contribution in [0.4, 0.5) is 0 Å². The molecule has 3 aliphatic rings. The van der Waals surface area contributed by atoms with Crippen molar-refractivity contribution in [2.45, 2.75) is 84.5 Å². The molecule has 0 radical (unpaired) electrons. The van der Waals surface area contributed by atoms with Gasteiger partial charge in [0.05, 0.1) is 5.41 Å². The summed E-state index contributed by atoms with van der Waals surface area (Å²) in [4.78, 5) is 0. The van der Waals surface area contributed by atoms with Gasteiger partial charge < -0.3 is 9.47 Å². The fourth-order valence-corrected chi connectivity index (χ4v) is 11.8. The molecule has 12 rings (SSSR count). The molecule has 0 saturated heterocycles. The van der Waals surface area contributed by atoms with E-state index in [1.807, 2.05) is 53.7 Å². The van der Waals surface area contributed by atoms with Gasteiger partial charge in [0.1, 0.15) is 24.7 Å². The minimum atomic E-state index is -0.493. The van der Waals surface area contributed by atoms with Gasteiger partial charge in [-0.25, -0.2) is 0 Å². The van der Waals surface area contributed by atoms with Gasteiger partial charge in [-0.05, 0) is 148 Å². The Morgan fingerprint density at radius 1 is 0.333 bits per heavy atom. The summed E-state index contributed by atoms with van der Waals surface area (Å²) in [6, 6.07) is 65.6. The summed E-state index contributed by atoms with van der Waals surface area (Å²) in [6.45, 7) is 17.1. The van der Waals surface area contributed by atoms with Crippen molar-refractivity contribution in [2.75, 3.05) is 13.2 Å². The molecule has 9 aromatic rings. The molecule has 0 aliphatic heterocycles. The van der Waals surface area contributed by atoms with Gasteiger partial charge in [0.25, 0.3) is 0 Å². The van der Waals surface area contributed by atoms with Crippen molar-refractivity contribution in [1.82, 2.24) is 0 Å². The molecule has 3 aliphatic carbocycles. The van der Waals surface area contributed by atoms with Gasteiger partial charge in [-0.3, -0.25) is 0 Å². The summed E-state index contributed by atoms with van der Waals surface area (Å²) in [5.74, 6) is 12.5. The SMILES string of the molecule is C#CCC1(C)c2ccccc2-c2cc3c(cc21)-c1ccccc1C3(C)CC#C.C#CCOc1ccc2cc(C3(c4ccc5cc(OCC#C)ccc5c4)c4ccccc4-c4ccccc43)ccc2c1.CC.CC.CC. The molecule has 2 nitrogen and oxygen atoms in total. The lowest BCUT2D eigenvalue weighted by atomic mass is 9.67. The summed E-state index contributed by atoms with van der Waals surface area (Å²) >= 11 is 0. The largest absolute Gasteiger partial charge is 0.481 e. The maximum atomic E-state index is 5.81. The first-order valence-corrected chi connectivity index (χ1v) is 26.4. The van der Waals surface area contributed by atoms with Gasteiger partial charge in [0, 0.05) is 23.7 Å². The standard InChI is InChI=1S/C39H26O2.C28H22.3C2H6/c1-3-21-40-33-19-15-27-23-31(17-13-29(27)25-33)39(37-11-7-5-9-35(37)36-10-6-8-12-38(36)39)32-18-14-30-26-34(41-22-4-2)20-16-28(30)24-32;1-5-15-27(3)23-13-9-7-11-19(23)21-18-26-22(17-25(21)27)20-12-8-10-14-24(20)28(26,4)16-6-2;3*1-2/h1-2,5-20,23-26H,21-22H2;1-2,7-14,17-18H,15-16H2,3-4H3;3*1-2H3. The molecule has 0 aromatic heterocycles. The molecular formula is C73H66O2. The van der Waals surface area contributed by atoms with E-state index in [0.29, 0.717) is 12.8 Å². The zero-order chi connectivity index (χ0) is 53.3. The first-order chi connectivity index (χ1) is 36.8. The lowest BCUT2D eigenvalue weighted by molar-refractivity contribution is 0.371. The summed E-state index contributed by atoms with van der Waals surface area (Å²) in [5.41, 5.74) is 17.3. The van der Waals surface area contributed by atoms with Crippen molar-refractivity contribution in [1.29, 1.82) is 0 Å². The highest BCUT2D eigenvalue weighted by molar-refractivity contribution is 5.93. The molecule has 0 saturated carbocycles. The minimum absolute atomic E-state index is 0.157. The Hall–Kier alpha value is -8.66. The maximum Gasteiger partial charge on any atom is 0.148 e. The third-order valence-corrected chi connectivity index (χ3v) is 15.0. The molecule has 0 spiro atoms. The van der Waals surface area contributed by atoms with Crippen molar-refractivity contribution in [3.63, 3.8) is 0 Å². The fraction of sp³-hybridized carbons (Fsp3) is 0.205. The Bertz CT molecular complexity index is 3480. The Morgan fingerprint density at radius 2 is 0.653 bits per heavy atom. The average Bonchev–Trinajstić information content (AvgIpc) is 4.20. The van der Waals surface area contributed by atoms with E-state index in [9.17, 15) is 0 Å². The number of hydrogen-bond acceptors (Lipinski definition) is 2. The van der Waals surface area contributed by atoms with E-state index < -0.39 is 5.41 Å². The Labute approximate surface area is 447 Å². The molecule has 370 valence electrons. The van der Waals surface area contributed by atoms with Gasteiger partial charge in [-0.15, -0.1) is 37.5 Å². The number of benzene rings is 9. The van der Waals surface area contributed by atoms with Crippen molar-refractivity contribution >= 4 is 21.5 Å². The van der Waals surface area contributed by atoms with Crippen molar-refractivity contribution in [3.05, 3.63) is 226 Å². The second-order valence-corrected chi connectivity index (χ2v) is 18.7. The molecule has 0 bridgehead atoms. The van der Waals surface area contributed by atoms with Gasteiger partial charge >= 0.3 is 0 Å².